The Balaban J connectivity index is 1.31. The van der Waals surface area contributed by atoms with E-state index in [2.05, 4.69) is 15.3 Å². The Morgan fingerprint density at radius 2 is 1.68 bits per heavy atom. The van der Waals surface area contributed by atoms with Crippen molar-refractivity contribution in [3.8, 4) is 11.1 Å². The molecule has 4 atom stereocenters. The van der Waals surface area contributed by atoms with Gasteiger partial charge in [0.1, 0.15) is 0 Å². The number of nitrogens with zero attached hydrogens (tertiary/aromatic N) is 2. The van der Waals surface area contributed by atoms with Crippen molar-refractivity contribution in [3.63, 3.8) is 0 Å². The van der Waals surface area contributed by atoms with E-state index in [-0.39, 0.29) is 24.7 Å². The number of hydrogen-bond donors (Lipinski definition) is 2. The Morgan fingerprint density at radius 1 is 0.977 bits per heavy atom. The van der Waals surface area contributed by atoms with Crippen molar-refractivity contribution in [2.24, 2.45) is 0 Å². The monoisotopic (exact) mass is 613 g/mol. The van der Waals surface area contributed by atoms with E-state index in [9.17, 15) is 14.7 Å². The SMILES string of the molecule is CC(=O)O[C@@H](C)C(=O)NCc1ccccc1-c1ccc([C@H]2O[C@@H](CSc3ncccn3)C[C@@H](c3ccc(CO)cc3)O2)cc1. The molecule has 2 N–H and O–H groups in total. The molecule has 1 saturated heterocycles. The molecule has 228 valence electrons. The first-order valence-corrected chi connectivity index (χ1v) is 15.4. The normalized spacial score (nSPS) is 18.8. The maximum atomic E-state index is 12.4. The van der Waals surface area contributed by atoms with Gasteiger partial charge in [-0.2, -0.15) is 0 Å². The van der Waals surface area contributed by atoms with E-state index >= 15 is 0 Å². The average Bonchev–Trinajstić information content (AvgIpc) is 3.06. The standard InChI is InChI=1S/C34H35N3O6S/c1-22(41-23(2)39)32(40)37-19-28-6-3-4-7-30(28)25-12-14-27(15-13-25)33-42-29(21-44-34-35-16-5-17-36-34)18-31(43-33)26-10-8-24(20-38)9-11-26/h3-17,22,29,31,33,38H,18-21H2,1-2H3,(H,37,40)/t22-,29+,31-,33-/m0/s1. The Bertz CT molecular complexity index is 1540. The summed E-state index contributed by atoms with van der Waals surface area (Å²) >= 11 is 1.55. The zero-order chi connectivity index (χ0) is 30.9. The molecule has 4 aromatic rings. The minimum Gasteiger partial charge on any atom is -0.453 e. The van der Waals surface area contributed by atoms with E-state index in [1.807, 2.05) is 72.8 Å². The molecule has 1 aliphatic heterocycles. The molecule has 0 aliphatic carbocycles. The number of thioether (sulfide) groups is 1. The summed E-state index contributed by atoms with van der Waals surface area (Å²) in [6.07, 6.45) is 2.37. The van der Waals surface area contributed by atoms with E-state index in [1.54, 1.807) is 37.1 Å². The summed E-state index contributed by atoms with van der Waals surface area (Å²) in [4.78, 5) is 32.2. The second-order valence-electron chi connectivity index (χ2n) is 10.4. The van der Waals surface area contributed by atoms with Crippen molar-refractivity contribution < 1.29 is 28.9 Å². The maximum Gasteiger partial charge on any atom is 0.303 e. The van der Waals surface area contributed by atoms with Gasteiger partial charge >= 0.3 is 5.97 Å². The highest BCUT2D eigenvalue weighted by Crippen LogP contribution is 2.39. The summed E-state index contributed by atoms with van der Waals surface area (Å²) < 4.78 is 17.9. The Hall–Kier alpha value is -4.09. The number of aliphatic hydroxyl groups is 1. The van der Waals surface area contributed by atoms with E-state index in [0.29, 0.717) is 23.9 Å². The molecule has 0 bridgehead atoms. The van der Waals surface area contributed by atoms with Gasteiger partial charge in [-0.15, -0.1) is 0 Å². The second-order valence-corrected chi connectivity index (χ2v) is 11.4. The lowest BCUT2D eigenvalue weighted by atomic mass is 9.97. The maximum absolute atomic E-state index is 12.4. The van der Waals surface area contributed by atoms with Crippen LogP contribution in [0, 0.1) is 0 Å². The van der Waals surface area contributed by atoms with Gasteiger partial charge < -0.3 is 24.6 Å². The molecule has 1 amide bonds. The summed E-state index contributed by atoms with van der Waals surface area (Å²) in [6, 6.07) is 25.5. The van der Waals surface area contributed by atoms with E-state index in [4.69, 9.17) is 14.2 Å². The molecule has 0 spiro atoms. The highest BCUT2D eigenvalue weighted by molar-refractivity contribution is 7.99. The molecule has 1 aliphatic rings. The first-order chi connectivity index (χ1) is 21.4. The summed E-state index contributed by atoms with van der Waals surface area (Å²) in [5.74, 6) is -0.188. The molecule has 1 fully saturated rings. The minimum absolute atomic E-state index is 0.0108. The number of nitrogens with one attached hydrogen (secondary N) is 1. The number of esters is 1. The molecule has 5 rings (SSSR count). The van der Waals surface area contributed by atoms with Crippen molar-refractivity contribution in [3.05, 3.63) is 114 Å². The van der Waals surface area contributed by atoms with Crippen LogP contribution >= 0.6 is 11.8 Å². The number of ether oxygens (including phenoxy) is 3. The quantitative estimate of drug-likeness (QED) is 0.128. The van der Waals surface area contributed by atoms with Crippen LogP contribution in [0.5, 0.6) is 0 Å². The summed E-state index contributed by atoms with van der Waals surface area (Å²) in [7, 11) is 0. The number of hydrogen-bond acceptors (Lipinski definition) is 9. The molecular formula is C34H35N3O6S. The van der Waals surface area contributed by atoms with Gasteiger partial charge in [-0.05, 0) is 40.8 Å². The fourth-order valence-corrected chi connectivity index (χ4v) is 5.78. The third-order valence-electron chi connectivity index (χ3n) is 7.23. The molecule has 0 unspecified atom stereocenters. The highest BCUT2D eigenvalue weighted by Gasteiger charge is 2.32. The number of benzene rings is 3. The highest BCUT2D eigenvalue weighted by atomic mass is 32.2. The molecule has 2 heterocycles. The van der Waals surface area contributed by atoms with Crippen LogP contribution in [0.15, 0.2) is 96.4 Å². The lowest BCUT2D eigenvalue weighted by molar-refractivity contribution is -0.245. The van der Waals surface area contributed by atoms with Gasteiger partial charge in [0.05, 0.1) is 18.8 Å². The first-order valence-electron chi connectivity index (χ1n) is 14.4. The third-order valence-corrected chi connectivity index (χ3v) is 8.24. The van der Waals surface area contributed by atoms with E-state index in [0.717, 1.165) is 33.4 Å². The molecule has 44 heavy (non-hydrogen) atoms. The van der Waals surface area contributed by atoms with Gasteiger partial charge in [0.15, 0.2) is 17.6 Å². The van der Waals surface area contributed by atoms with Gasteiger partial charge in [-0.3, -0.25) is 9.59 Å². The van der Waals surface area contributed by atoms with Gasteiger partial charge in [0, 0.05) is 43.6 Å². The second kappa shape index (κ2) is 15.1. The Morgan fingerprint density at radius 3 is 2.39 bits per heavy atom. The molecule has 9 nitrogen and oxygen atoms in total. The van der Waals surface area contributed by atoms with Crippen molar-refractivity contribution in [2.45, 2.75) is 63.2 Å². The number of amides is 1. The molecule has 1 aromatic heterocycles. The van der Waals surface area contributed by atoms with Crippen molar-refractivity contribution in [1.82, 2.24) is 15.3 Å². The lowest BCUT2D eigenvalue weighted by Gasteiger charge is -2.36. The van der Waals surface area contributed by atoms with Crippen LogP contribution in [0.2, 0.25) is 0 Å². The Labute approximate surface area is 261 Å². The number of aliphatic hydroxyl groups excluding tert-OH is 1. The van der Waals surface area contributed by atoms with Gasteiger partial charge in [0.2, 0.25) is 0 Å². The van der Waals surface area contributed by atoms with Crippen LogP contribution in [-0.2, 0) is 37.0 Å². The predicted octanol–water partition coefficient (Wildman–Crippen LogP) is 5.54. The smallest absolute Gasteiger partial charge is 0.303 e. The Kier molecular flexibility index (Phi) is 10.7. The average molecular weight is 614 g/mol. The zero-order valence-electron chi connectivity index (χ0n) is 24.6. The number of carbonyl (C=O) groups is 2. The van der Waals surface area contributed by atoms with Crippen LogP contribution in [-0.4, -0.2) is 44.9 Å². The largest absolute Gasteiger partial charge is 0.453 e. The first kappa shape index (κ1) is 31.3. The van der Waals surface area contributed by atoms with Gasteiger partial charge in [0.25, 0.3) is 5.91 Å². The number of carbonyl (C=O) groups excluding carboxylic acids is 2. The molecule has 10 heteroatoms. The third kappa shape index (κ3) is 8.29. The van der Waals surface area contributed by atoms with Crippen LogP contribution in [0.4, 0.5) is 0 Å². The lowest BCUT2D eigenvalue weighted by Crippen LogP contribution is -2.35. The van der Waals surface area contributed by atoms with Crippen molar-refractivity contribution in [1.29, 1.82) is 0 Å². The zero-order valence-corrected chi connectivity index (χ0v) is 25.4. The van der Waals surface area contributed by atoms with Crippen LogP contribution < -0.4 is 5.32 Å². The van der Waals surface area contributed by atoms with Gasteiger partial charge in [-0.25, -0.2) is 9.97 Å². The van der Waals surface area contributed by atoms with Crippen LogP contribution in [0.3, 0.4) is 0 Å². The molecular weight excluding hydrogens is 578 g/mol. The van der Waals surface area contributed by atoms with Crippen molar-refractivity contribution >= 4 is 23.6 Å². The number of aromatic nitrogens is 2. The summed E-state index contributed by atoms with van der Waals surface area (Å²) in [6.45, 7) is 3.10. The summed E-state index contributed by atoms with van der Waals surface area (Å²) in [5.41, 5.74) is 5.64. The van der Waals surface area contributed by atoms with E-state index in [1.165, 1.54) is 6.92 Å². The minimum atomic E-state index is -0.867. The van der Waals surface area contributed by atoms with Gasteiger partial charge in [-0.1, -0.05) is 84.6 Å². The fraction of sp³-hybridized carbons (Fsp3) is 0.294. The van der Waals surface area contributed by atoms with Crippen molar-refractivity contribution in [2.75, 3.05) is 5.75 Å². The number of rotatable bonds is 11. The molecule has 3 aromatic carbocycles. The fourth-order valence-electron chi connectivity index (χ4n) is 4.95. The molecule has 0 saturated carbocycles. The topological polar surface area (TPSA) is 120 Å². The summed E-state index contributed by atoms with van der Waals surface area (Å²) in [5, 5.41) is 13.0. The van der Waals surface area contributed by atoms with E-state index < -0.39 is 18.4 Å². The predicted molar refractivity (Wildman–Crippen MR) is 166 cm³/mol. The van der Waals surface area contributed by atoms with Crippen LogP contribution in [0.1, 0.15) is 54.9 Å². The molecule has 0 radical (unpaired) electrons. The van der Waals surface area contributed by atoms with Crippen LogP contribution in [0.25, 0.3) is 11.1 Å².